The second kappa shape index (κ2) is 5.32. The maximum Gasteiger partial charge on any atom is 0.106 e. The molecule has 2 rings (SSSR count). The van der Waals surface area contributed by atoms with E-state index >= 15 is 0 Å². The standard InChI is InChI=1S/C14H15BrN2/c1-10-3-5-12(6-4-10)9-16-13-7-8-14(15)17-11(13)2/h3-8,16H,9H2,1-2H3. The van der Waals surface area contributed by atoms with Gasteiger partial charge in [-0.15, -0.1) is 0 Å². The van der Waals surface area contributed by atoms with Crippen LogP contribution < -0.4 is 5.32 Å². The zero-order valence-corrected chi connectivity index (χ0v) is 11.6. The molecule has 0 spiro atoms. The van der Waals surface area contributed by atoms with Crippen LogP contribution in [0.5, 0.6) is 0 Å². The summed E-state index contributed by atoms with van der Waals surface area (Å²) in [5, 5.41) is 3.39. The molecule has 1 aromatic carbocycles. The molecular formula is C14H15BrN2. The number of benzene rings is 1. The number of aromatic nitrogens is 1. The summed E-state index contributed by atoms with van der Waals surface area (Å²) in [6.07, 6.45) is 0. The molecule has 3 heteroatoms. The minimum atomic E-state index is 0.824. The van der Waals surface area contributed by atoms with Crippen LogP contribution in [-0.2, 0) is 6.54 Å². The molecule has 0 saturated heterocycles. The monoisotopic (exact) mass is 290 g/mol. The Morgan fingerprint density at radius 1 is 1.06 bits per heavy atom. The van der Waals surface area contributed by atoms with Gasteiger partial charge in [-0.1, -0.05) is 29.8 Å². The molecule has 1 heterocycles. The topological polar surface area (TPSA) is 24.9 Å². The van der Waals surface area contributed by atoms with Crippen molar-refractivity contribution < 1.29 is 0 Å². The molecule has 0 aliphatic rings. The molecule has 0 atom stereocenters. The summed E-state index contributed by atoms with van der Waals surface area (Å²) < 4.78 is 0.871. The van der Waals surface area contributed by atoms with Gasteiger partial charge in [0.2, 0.25) is 0 Å². The Morgan fingerprint density at radius 2 is 1.76 bits per heavy atom. The number of nitrogens with one attached hydrogen (secondary N) is 1. The second-order valence-electron chi connectivity index (χ2n) is 4.11. The van der Waals surface area contributed by atoms with Crippen molar-refractivity contribution >= 4 is 21.6 Å². The molecule has 2 aromatic rings. The van der Waals surface area contributed by atoms with Gasteiger partial charge >= 0.3 is 0 Å². The van der Waals surface area contributed by atoms with Crippen LogP contribution in [-0.4, -0.2) is 4.98 Å². The van der Waals surface area contributed by atoms with Gasteiger partial charge in [-0.05, 0) is 47.5 Å². The first-order valence-electron chi connectivity index (χ1n) is 5.58. The highest BCUT2D eigenvalue weighted by atomic mass is 79.9. The van der Waals surface area contributed by atoms with Gasteiger partial charge in [0.05, 0.1) is 11.4 Å². The van der Waals surface area contributed by atoms with Crippen molar-refractivity contribution in [2.75, 3.05) is 5.32 Å². The SMILES string of the molecule is Cc1ccc(CNc2ccc(Br)nc2C)cc1. The molecule has 2 nitrogen and oxygen atoms in total. The van der Waals surface area contributed by atoms with Crippen LogP contribution in [0, 0.1) is 13.8 Å². The Bertz CT molecular complexity index is 506. The third-order valence-electron chi connectivity index (χ3n) is 2.66. The van der Waals surface area contributed by atoms with E-state index in [0.29, 0.717) is 0 Å². The molecule has 88 valence electrons. The Morgan fingerprint density at radius 3 is 2.41 bits per heavy atom. The van der Waals surface area contributed by atoms with Crippen LogP contribution in [0.15, 0.2) is 41.0 Å². The van der Waals surface area contributed by atoms with Crippen molar-refractivity contribution in [2.45, 2.75) is 20.4 Å². The summed E-state index contributed by atoms with van der Waals surface area (Å²) in [5.41, 5.74) is 4.65. The van der Waals surface area contributed by atoms with Gasteiger partial charge in [0.15, 0.2) is 0 Å². The van der Waals surface area contributed by atoms with Gasteiger partial charge in [-0.25, -0.2) is 4.98 Å². The minimum absolute atomic E-state index is 0.824. The predicted octanol–water partition coefficient (Wildman–Crippen LogP) is 4.07. The fourth-order valence-corrected chi connectivity index (χ4v) is 2.02. The van der Waals surface area contributed by atoms with Gasteiger partial charge < -0.3 is 5.32 Å². The van der Waals surface area contributed by atoms with Gasteiger partial charge in [0.1, 0.15) is 4.60 Å². The van der Waals surface area contributed by atoms with E-state index in [1.807, 2.05) is 19.1 Å². The number of halogens is 1. The predicted molar refractivity (Wildman–Crippen MR) is 75.2 cm³/mol. The average Bonchev–Trinajstić information content (AvgIpc) is 2.30. The zero-order valence-electron chi connectivity index (χ0n) is 10.00. The van der Waals surface area contributed by atoms with E-state index in [-0.39, 0.29) is 0 Å². The molecule has 0 unspecified atom stereocenters. The number of aryl methyl sites for hydroxylation is 2. The van der Waals surface area contributed by atoms with Crippen LogP contribution in [0.3, 0.4) is 0 Å². The second-order valence-corrected chi connectivity index (χ2v) is 4.92. The first kappa shape index (κ1) is 12.1. The zero-order chi connectivity index (χ0) is 12.3. The highest BCUT2D eigenvalue weighted by molar-refractivity contribution is 9.10. The Kier molecular flexibility index (Phi) is 3.79. The van der Waals surface area contributed by atoms with E-state index in [1.165, 1.54) is 11.1 Å². The molecule has 0 bridgehead atoms. The van der Waals surface area contributed by atoms with Gasteiger partial charge in [0, 0.05) is 6.54 Å². The quantitative estimate of drug-likeness (QED) is 0.862. The highest BCUT2D eigenvalue weighted by Crippen LogP contribution is 2.17. The van der Waals surface area contributed by atoms with Crippen molar-refractivity contribution in [3.63, 3.8) is 0 Å². The highest BCUT2D eigenvalue weighted by Gasteiger charge is 2.00. The van der Waals surface area contributed by atoms with Crippen LogP contribution in [0.1, 0.15) is 16.8 Å². The molecule has 0 fully saturated rings. The third-order valence-corrected chi connectivity index (χ3v) is 3.10. The lowest BCUT2D eigenvalue weighted by Crippen LogP contribution is -2.02. The number of hydrogen-bond donors (Lipinski definition) is 1. The van der Waals surface area contributed by atoms with Crippen LogP contribution in [0.4, 0.5) is 5.69 Å². The average molecular weight is 291 g/mol. The molecule has 1 aromatic heterocycles. The summed E-state index contributed by atoms with van der Waals surface area (Å²) in [5.74, 6) is 0. The van der Waals surface area contributed by atoms with Gasteiger partial charge in [-0.3, -0.25) is 0 Å². The summed E-state index contributed by atoms with van der Waals surface area (Å²) in [7, 11) is 0. The molecule has 0 radical (unpaired) electrons. The maximum absolute atomic E-state index is 4.35. The van der Waals surface area contributed by atoms with Crippen molar-refractivity contribution in [3.05, 3.63) is 57.8 Å². The molecular weight excluding hydrogens is 276 g/mol. The van der Waals surface area contributed by atoms with E-state index in [4.69, 9.17) is 0 Å². The number of nitrogens with zero attached hydrogens (tertiary/aromatic N) is 1. The molecule has 0 saturated carbocycles. The van der Waals surface area contributed by atoms with Crippen LogP contribution in [0.25, 0.3) is 0 Å². The summed E-state index contributed by atoms with van der Waals surface area (Å²) >= 11 is 3.36. The van der Waals surface area contributed by atoms with Crippen LogP contribution >= 0.6 is 15.9 Å². The minimum Gasteiger partial charge on any atom is -0.380 e. The molecule has 1 N–H and O–H groups in total. The Balaban J connectivity index is 2.04. The Hall–Kier alpha value is -1.35. The van der Waals surface area contributed by atoms with E-state index in [0.717, 1.165) is 22.5 Å². The summed E-state index contributed by atoms with van der Waals surface area (Å²) in [4.78, 5) is 4.35. The third kappa shape index (κ3) is 3.30. The number of pyridine rings is 1. The smallest absolute Gasteiger partial charge is 0.106 e. The van der Waals surface area contributed by atoms with Gasteiger partial charge in [0.25, 0.3) is 0 Å². The van der Waals surface area contributed by atoms with Crippen molar-refractivity contribution in [1.29, 1.82) is 0 Å². The van der Waals surface area contributed by atoms with E-state index < -0.39 is 0 Å². The van der Waals surface area contributed by atoms with Gasteiger partial charge in [-0.2, -0.15) is 0 Å². The number of anilines is 1. The van der Waals surface area contributed by atoms with E-state index in [1.54, 1.807) is 0 Å². The van der Waals surface area contributed by atoms with Crippen molar-refractivity contribution in [1.82, 2.24) is 4.98 Å². The first-order chi connectivity index (χ1) is 8.15. The van der Waals surface area contributed by atoms with Crippen LogP contribution in [0.2, 0.25) is 0 Å². The summed E-state index contributed by atoms with van der Waals surface area (Å²) in [6.45, 7) is 4.92. The number of rotatable bonds is 3. The van der Waals surface area contributed by atoms with E-state index in [9.17, 15) is 0 Å². The molecule has 0 aliphatic heterocycles. The maximum atomic E-state index is 4.35. The number of hydrogen-bond acceptors (Lipinski definition) is 2. The lowest BCUT2D eigenvalue weighted by Gasteiger charge is -2.09. The Labute approximate surface area is 110 Å². The molecule has 0 amide bonds. The first-order valence-corrected chi connectivity index (χ1v) is 6.37. The lowest BCUT2D eigenvalue weighted by molar-refractivity contribution is 1.09. The molecule has 17 heavy (non-hydrogen) atoms. The van der Waals surface area contributed by atoms with Crippen molar-refractivity contribution in [2.24, 2.45) is 0 Å². The molecule has 0 aliphatic carbocycles. The van der Waals surface area contributed by atoms with Crippen molar-refractivity contribution in [3.8, 4) is 0 Å². The summed E-state index contributed by atoms with van der Waals surface area (Å²) in [6, 6.07) is 12.5. The largest absolute Gasteiger partial charge is 0.380 e. The van der Waals surface area contributed by atoms with E-state index in [2.05, 4.69) is 57.4 Å². The fraction of sp³-hybridized carbons (Fsp3) is 0.214. The lowest BCUT2D eigenvalue weighted by atomic mass is 10.1. The fourth-order valence-electron chi connectivity index (χ4n) is 1.62. The normalized spacial score (nSPS) is 10.3.